The molecule has 0 spiro atoms. The normalized spacial score (nSPS) is 17.9. The number of likely N-dealkylation sites (tertiary alicyclic amines) is 1. The zero-order valence-electron chi connectivity index (χ0n) is 24.4. The third-order valence-corrected chi connectivity index (χ3v) is 7.86. The smallest absolute Gasteiger partial charge is 0.178 e. The van der Waals surface area contributed by atoms with Crippen LogP contribution in [0.5, 0.6) is 5.75 Å². The number of benzene rings is 1. The molecule has 10 nitrogen and oxygen atoms in total. The van der Waals surface area contributed by atoms with Gasteiger partial charge in [0.2, 0.25) is 0 Å². The van der Waals surface area contributed by atoms with Gasteiger partial charge in [0.05, 0.1) is 35.6 Å². The van der Waals surface area contributed by atoms with Crippen LogP contribution >= 0.6 is 0 Å². The molecule has 0 saturated carbocycles. The lowest BCUT2D eigenvalue weighted by Crippen LogP contribution is -2.43. The van der Waals surface area contributed by atoms with Crippen molar-refractivity contribution in [3.63, 3.8) is 0 Å². The van der Waals surface area contributed by atoms with Crippen molar-refractivity contribution >= 4 is 0 Å². The van der Waals surface area contributed by atoms with Crippen LogP contribution in [0.25, 0.3) is 34.0 Å². The zero-order valence-corrected chi connectivity index (χ0v) is 24.4. The van der Waals surface area contributed by atoms with Crippen LogP contribution in [-0.2, 0) is 13.6 Å². The Morgan fingerprint density at radius 1 is 1.10 bits per heavy atom. The summed E-state index contributed by atoms with van der Waals surface area (Å²) in [6.45, 7) is 12.8. The summed E-state index contributed by atoms with van der Waals surface area (Å²) < 4.78 is 12.4. The molecule has 1 atom stereocenters. The van der Waals surface area contributed by atoms with Gasteiger partial charge >= 0.3 is 0 Å². The number of nitrogens with zero attached hydrogens (tertiary/aromatic N) is 8. The van der Waals surface area contributed by atoms with Crippen LogP contribution in [0, 0.1) is 6.92 Å². The van der Waals surface area contributed by atoms with E-state index in [9.17, 15) is 5.11 Å². The molecule has 0 aliphatic carbocycles. The number of β-amino-alcohol motifs (C(OH)–C–C–N with tert-alkyl or cyclic N) is 1. The van der Waals surface area contributed by atoms with E-state index in [0.717, 1.165) is 65.0 Å². The maximum Gasteiger partial charge on any atom is 0.178 e. The molecule has 3 aromatic heterocycles. The first-order valence-electron chi connectivity index (χ1n) is 14.4. The highest BCUT2D eigenvalue weighted by Crippen LogP contribution is 2.41. The van der Waals surface area contributed by atoms with Gasteiger partial charge in [-0.1, -0.05) is 12.5 Å². The van der Waals surface area contributed by atoms with E-state index in [2.05, 4.69) is 62.9 Å². The van der Waals surface area contributed by atoms with Crippen LogP contribution < -0.4 is 4.74 Å². The summed E-state index contributed by atoms with van der Waals surface area (Å²) in [4.78, 5) is 12.1. The lowest BCUT2D eigenvalue weighted by molar-refractivity contribution is 0.00794. The number of aromatic nitrogens is 7. The first-order valence-corrected chi connectivity index (χ1v) is 14.4. The van der Waals surface area contributed by atoms with Crippen LogP contribution in [-0.4, -0.2) is 69.4 Å². The van der Waals surface area contributed by atoms with Crippen LogP contribution in [0.15, 0.2) is 30.6 Å². The van der Waals surface area contributed by atoms with Gasteiger partial charge in [-0.15, -0.1) is 0 Å². The van der Waals surface area contributed by atoms with Gasteiger partial charge in [-0.2, -0.15) is 10.2 Å². The Morgan fingerprint density at radius 3 is 2.70 bits per heavy atom. The van der Waals surface area contributed by atoms with Crippen LogP contribution in [0.1, 0.15) is 70.6 Å². The number of ether oxygens (including phenoxy) is 1. The van der Waals surface area contributed by atoms with Crippen molar-refractivity contribution in [3.8, 4) is 39.8 Å². The van der Waals surface area contributed by atoms with Gasteiger partial charge in [0, 0.05) is 31.4 Å². The molecule has 2 aliphatic heterocycles. The lowest BCUT2D eigenvalue weighted by Gasteiger charge is -2.39. The van der Waals surface area contributed by atoms with Gasteiger partial charge in [0.25, 0.3) is 0 Å². The minimum atomic E-state index is -0.756. The average molecular weight is 545 g/mol. The van der Waals surface area contributed by atoms with Crippen molar-refractivity contribution in [2.24, 2.45) is 7.05 Å². The average Bonchev–Trinajstić information content (AvgIpc) is 3.57. The quantitative estimate of drug-likeness (QED) is 0.373. The third-order valence-electron chi connectivity index (χ3n) is 7.86. The number of rotatable bonds is 6. The molecule has 1 aromatic carbocycles. The SMILES string of the molecule is Cc1nc(-c2cn3c(n2)-c2ccc(-c4cnn(C)c4C4CCCCN4CC(C)(C)O)cc2OCC3)n(C(C)C)n1. The highest BCUT2D eigenvalue weighted by molar-refractivity contribution is 5.76. The minimum Gasteiger partial charge on any atom is -0.491 e. The number of aryl methyl sites for hydroxylation is 2. The Bertz CT molecular complexity index is 1520. The summed E-state index contributed by atoms with van der Waals surface area (Å²) in [5.74, 6) is 3.23. The third kappa shape index (κ3) is 4.94. The van der Waals surface area contributed by atoms with Gasteiger partial charge in [-0.3, -0.25) is 9.58 Å². The maximum atomic E-state index is 10.6. The van der Waals surface area contributed by atoms with E-state index in [1.54, 1.807) is 0 Å². The van der Waals surface area contributed by atoms with Gasteiger partial charge in [-0.25, -0.2) is 14.6 Å². The standard InChI is InChI=1S/C30H40N8O2/c1-19(2)38-29(32-20(3)34-38)24-17-36-13-14-40-26-15-21(10-11-22(26)28(36)33-24)23-16-31-35(6)27(23)25-9-7-8-12-37(25)18-30(4,5)39/h10-11,15-17,19,25,39H,7-9,12-14,18H2,1-6H3. The van der Waals surface area contributed by atoms with Crippen molar-refractivity contribution in [1.29, 1.82) is 0 Å². The van der Waals surface area contributed by atoms with Crippen molar-refractivity contribution in [1.82, 2.24) is 39.0 Å². The van der Waals surface area contributed by atoms with E-state index >= 15 is 0 Å². The van der Waals surface area contributed by atoms with Gasteiger partial charge in [0.15, 0.2) is 5.82 Å². The maximum absolute atomic E-state index is 10.6. The Balaban J connectivity index is 1.38. The first kappa shape index (κ1) is 26.7. The summed E-state index contributed by atoms with van der Waals surface area (Å²) in [5.41, 5.74) is 4.39. The van der Waals surface area contributed by atoms with Crippen LogP contribution in [0.2, 0.25) is 0 Å². The highest BCUT2D eigenvalue weighted by Gasteiger charge is 2.32. The fraction of sp³-hybridized carbons (Fsp3) is 0.533. The molecule has 10 heteroatoms. The summed E-state index contributed by atoms with van der Waals surface area (Å²) in [7, 11) is 2.02. The summed E-state index contributed by atoms with van der Waals surface area (Å²) in [6, 6.07) is 6.78. The Labute approximate surface area is 235 Å². The molecule has 1 saturated heterocycles. The lowest BCUT2D eigenvalue weighted by atomic mass is 9.92. The van der Waals surface area contributed by atoms with E-state index in [0.29, 0.717) is 19.7 Å². The van der Waals surface area contributed by atoms with Gasteiger partial charge < -0.3 is 14.4 Å². The molecule has 1 unspecified atom stereocenters. The predicted octanol–water partition coefficient (Wildman–Crippen LogP) is 4.79. The minimum absolute atomic E-state index is 0.188. The molecule has 40 heavy (non-hydrogen) atoms. The molecule has 0 bridgehead atoms. The van der Waals surface area contributed by atoms with E-state index in [1.165, 1.54) is 12.1 Å². The molecule has 0 amide bonds. The molecule has 1 N–H and O–H groups in total. The van der Waals surface area contributed by atoms with Crippen molar-refractivity contribution in [2.45, 2.75) is 78.1 Å². The first-order chi connectivity index (χ1) is 19.1. The number of fused-ring (bicyclic) bond motifs is 3. The molecule has 2 aliphatic rings. The van der Waals surface area contributed by atoms with Crippen molar-refractivity contribution in [3.05, 3.63) is 42.1 Å². The molecule has 1 fully saturated rings. The predicted molar refractivity (Wildman–Crippen MR) is 154 cm³/mol. The molecule has 4 aromatic rings. The number of piperidine rings is 1. The van der Waals surface area contributed by atoms with Crippen LogP contribution in [0.3, 0.4) is 0 Å². The molecular formula is C30H40N8O2. The molecule has 212 valence electrons. The monoisotopic (exact) mass is 544 g/mol. The van der Waals surface area contributed by atoms with Crippen molar-refractivity contribution < 1.29 is 9.84 Å². The van der Waals surface area contributed by atoms with E-state index < -0.39 is 5.60 Å². The molecule has 6 rings (SSSR count). The second-order valence-electron chi connectivity index (χ2n) is 12.1. The molecule has 0 radical (unpaired) electrons. The van der Waals surface area contributed by atoms with E-state index in [4.69, 9.17) is 9.72 Å². The zero-order chi connectivity index (χ0) is 28.2. The number of aliphatic hydroxyl groups is 1. The Morgan fingerprint density at radius 2 is 1.93 bits per heavy atom. The Kier molecular flexibility index (Phi) is 6.78. The fourth-order valence-corrected chi connectivity index (χ4v) is 6.17. The fourth-order valence-electron chi connectivity index (χ4n) is 6.17. The highest BCUT2D eigenvalue weighted by atomic mass is 16.5. The Hall–Kier alpha value is -3.50. The second kappa shape index (κ2) is 10.2. The van der Waals surface area contributed by atoms with Crippen LogP contribution in [0.4, 0.5) is 0 Å². The van der Waals surface area contributed by atoms with Gasteiger partial charge in [-0.05, 0) is 71.7 Å². The summed E-state index contributed by atoms with van der Waals surface area (Å²) >= 11 is 0. The summed E-state index contributed by atoms with van der Waals surface area (Å²) in [6.07, 6.45) is 7.38. The molecule has 5 heterocycles. The van der Waals surface area contributed by atoms with Crippen molar-refractivity contribution in [2.75, 3.05) is 19.7 Å². The molecular weight excluding hydrogens is 504 g/mol. The second-order valence-corrected chi connectivity index (χ2v) is 12.1. The number of hydrogen-bond acceptors (Lipinski definition) is 7. The number of hydrogen-bond donors (Lipinski definition) is 1. The number of imidazole rings is 1. The van der Waals surface area contributed by atoms with E-state index in [-0.39, 0.29) is 12.1 Å². The largest absolute Gasteiger partial charge is 0.491 e. The van der Waals surface area contributed by atoms with E-state index in [1.807, 2.05) is 43.4 Å². The van der Waals surface area contributed by atoms with Gasteiger partial charge in [0.1, 0.15) is 29.7 Å². The summed E-state index contributed by atoms with van der Waals surface area (Å²) in [5, 5.41) is 19.9. The topological polar surface area (TPSA) is 99.0 Å².